The van der Waals surface area contributed by atoms with Crippen LogP contribution in [0.5, 0.6) is 0 Å². The summed E-state index contributed by atoms with van der Waals surface area (Å²) in [6.45, 7) is 10.1. The van der Waals surface area contributed by atoms with Crippen molar-refractivity contribution in [2.24, 2.45) is 0 Å². The number of anilines is 1. The Morgan fingerprint density at radius 1 is 0.950 bits per heavy atom. The molecule has 108 valence electrons. The molecule has 4 heteroatoms. The SMILES string of the molecule is CC1C(=O)NC(=O)C(C)N1c1ccc(C(C)(C)C)cc1. The Morgan fingerprint density at radius 2 is 1.40 bits per heavy atom. The highest BCUT2D eigenvalue weighted by molar-refractivity contribution is 6.06. The fraction of sp³-hybridized carbons (Fsp3) is 0.500. The van der Waals surface area contributed by atoms with E-state index in [9.17, 15) is 9.59 Å². The summed E-state index contributed by atoms with van der Waals surface area (Å²) < 4.78 is 0. The van der Waals surface area contributed by atoms with E-state index in [2.05, 4.69) is 38.2 Å². The van der Waals surface area contributed by atoms with Gasteiger partial charge in [-0.2, -0.15) is 0 Å². The first kappa shape index (κ1) is 14.6. The minimum absolute atomic E-state index is 0.0881. The van der Waals surface area contributed by atoms with Crippen LogP contribution in [0.2, 0.25) is 0 Å². The van der Waals surface area contributed by atoms with Crippen LogP contribution in [0.15, 0.2) is 24.3 Å². The minimum atomic E-state index is -0.344. The summed E-state index contributed by atoms with van der Waals surface area (Å²) in [5, 5.41) is 2.39. The first-order chi connectivity index (χ1) is 9.21. The third-order valence-corrected chi connectivity index (χ3v) is 3.87. The van der Waals surface area contributed by atoms with Crippen molar-refractivity contribution >= 4 is 17.5 Å². The van der Waals surface area contributed by atoms with E-state index in [-0.39, 0.29) is 29.3 Å². The standard InChI is InChI=1S/C16H22N2O2/c1-10-14(19)17-15(20)11(2)18(10)13-8-6-12(7-9-13)16(3,4)5/h6-11H,1-5H3,(H,17,19,20). The van der Waals surface area contributed by atoms with E-state index in [1.165, 1.54) is 5.56 Å². The van der Waals surface area contributed by atoms with Gasteiger partial charge >= 0.3 is 0 Å². The van der Waals surface area contributed by atoms with E-state index in [1.54, 1.807) is 0 Å². The second kappa shape index (κ2) is 4.93. The largest absolute Gasteiger partial charge is 0.348 e. The second-order valence-corrected chi connectivity index (χ2v) is 6.41. The molecule has 4 nitrogen and oxygen atoms in total. The van der Waals surface area contributed by atoms with E-state index in [0.717, 1.165) is 5.69 Å². The van der Waals surface area contributed by atoms with Crippen LogP contribution in [0.3, 0.4) is 0 Å². The maximum absolute atomic E-state index is 11.8. The minimum Gasteiger partial charge on any atom is -0.348 e. The Morgan fingerprint density at radius 3 is 1.80 bits per heavy atom. The number of hydrogen-bond donors (Lipinski definition) is 1. The molecule has 0 bridgehead atoms. The van der Waals surface area contributed by atoms with Gasteiger partial charge < -0.3 is 4.90 Å². The zero-order valence-corrected chi connectivity index (χ0v) is 12.7. The molecule has 2 unspecified atom stereocenters. The fourth-order valence-corrected chi connectivity index (χ4v) is 2.50. The van der Waals surface area contributed by atoms with Crippen LogP contribution in [0.25, 0.3) is 0 Å². The molecular formula is C16H22N2O2. The predicted octanol–water partition coefficient (Wildman–Crippen LogP) is 2.22. The number of nitrogens with zero attached hydrogens (tertiary/aromatic N) is 1. The van der Waals surface area contributed by atoms with Gasteiger partial charge in [-0.3, -0.25) is 14.9 Å². The lowest BCUT2D eigenvalue weighted by Gasteiger charge is -2.39. The van der Waals surface area contributed by atoms with Gasteiger partial charge in [0.2, 0.25) is 11.8 Å². The van der Waals surface area contributed by atoms with Crippen molar-refractivity contribution < 1.29 is 9.59 Å². The normalized spacial score (nSPS) is 23.8. The van der Waals surface area contributed by atoms with Crippen molar-refractivity contribution in [3.63, 3.8) is 0 Å². The molecule has 1 heterocycles. The second-order valence-electron chi connectivity index (χ2n) is 6.41. The number of amides is 2. The average molecular weight is 274 g/mol. The Hall–Kier alpha value is -1.84. The van der Waals surface area contributed by atoms with E-state index in [0.29, 0.717) is 0 Å². The molecule has 0 radical (unpaired) electrons. The molecule has 2 rings (SSSR count). The van der Waals surface area contributed by atoms with Gasteiger partial charge in [-0.05, 0) is 37.0 Å². The summed E-state index contributed by atoms with van der Waals surface area (Å²) in [6, 6.07) is 7.41. The summed E-state index contributed by atoms with van der Waals surface area (Å²) in [7, 11) is 0. The van der Waals surface area contributed by atoms with Gasteiger partial charge in [-0.25, -0.2) is 0 Å². The van der Waals surface area contributed by atoms with Gasteiger partial charge in [0, 0.05) is 5.69 Å². The van der Waals surface area contributed by atoms with Crippen LogP contribution >= 0.6 is 0 Å². The molecule has 20 heavy (non-hydrogen) atoms. The number of rotatable bonds is 1. The van der Waals surface area contributed by atoms with Gasteiger partial charge in [-0.15, -0.1) is 0 Å². The lowest BCUT2D eigenvalue weighted by atomic mass is 9.87. The van der Waals surface area contributed by atoms with E-state index in [1.807, 2.05) is 30.9 Å². The third kappa shape index (κ3) is 2.55. The van der Waals surface area contributed by atoms with Crippen LogP contribution in [0.1, 0.15) is 40.2 Å². The fourth-order valence-electron chi connectivity index (χ4n) is 2.50. The Balaban J connectivity index is 2.34. The number of benzene rings is 1. The smallest absolute Gasteiger partial charge is 0.249 e. The van der Waals surface area contributed by atoms with Crippen molar-refractivity contribution in [2.75, 3.05) is 4.90 Å². The number of carbonyl (C=O) groups excluding carboxylic acids is 2. The molecule has 1 aliphatic rings. The van der Waals surface area contributed by atoms with Crippen LogP contribution in [0.4, 0.5) is 5.69 Å². The van der Waals surface area contributed by atoms with Crippen LogP contribution in [0, 0.1) is 0 Å². The van der Waals surface area contributed by atoms with E-state index < -0.39 is 0 Å². The van der Waals surface area contributed by atoms with Gasteiger partial charge in [0.25, 0.3) is 0 Å². The van der Waals surface area contributed by atoms with Crippen molar-refractivity contribution in [3.05, 3.63) is 29.8 Å². The van der Waals surface area contributed by atoms with Gasteiger partial charge in [0.05, 0.1) is 0 Å². The van der Waals surface area contributed by atoms with Crippen LogP contribution in [-0.2, 0) is 15.0 Å². The van der Waals surface area contributed by atoms with Gasteiger partial charge in [-0.1, -0.05) is 32.9 Å². The Kier molecular flexibility index (Phi) is 3.59. The topological polar surface area (TPSA) is 49.4 Å². The maximum atomic E-state index is 11.8. The van der Waals surface area contributed by atoms with Crippen molar-refractivity contribution in [2.45, 2.75) is 52.1 Å². The molecule has 1 aromatic carbocycles. The van der Waals surface area contributed by atoms with Crippen LogP contribution < -0.4 is 10.2 Å². The first-order valence-electron chi connectivity index (χ1n) is 6.95. The molecule has 1 aromatic rings. The molecule has 1 fully saturated rings. The zero-order chi connectivity index (χ0) is 15.1. The lowest BCUT2D eigenvalue weighted by molar-refractivity contribution is -0.134. The van der Waals surface area contributed by atoms with E-state index in [4.69, 9.17) is 0 Å². The Labute approximate surface area is 120 Å². The molecule has 0 saturated carbocycles. The highest BCUT2D eigenvalue weighted by Gasteiger charge is 2.36. The van der Waals surface area contributed by atoms with Gasteiger partial charge in [0.15, 0.2) is 0 Å². The lowest BCUT2D eigenvalue weighted by Crippen LogP contribution is -2.61. The average Bonchev–Trinajstić information content (AvgIpc) is 2.36. The molecule has 0 spiro atoms. The summed E-state index contributed by atoms with van der Waals surface area (Å²) in [6.07, 6.45) is 0. The Bertz CT molecular complexity index is 508. The summed E-state index contributed by atoms with van der Waals surface area (Å²) >= 11 is 0. The molecule has 1 aliphatic heterocycles. The molecule has 0 aromatic heterocycles. The monoisotopic (exact) mass is 274 g/mol. The molecule has 1 N–H and O–H groups in total. The maximum Gasteiger partial charge on any atom is 0.249 e. The van der Waals surface area contributed by atoms with Crippen molar-refractivity contribution in [1.82, 2.24) is 5.32 Å². The summed E-state index contributed by atoms with van der Waals surface area (Å²) in [5.41, 5.74) is 2.22. The predicted molar refractivity (Wildman–Crippen MR) is 79.7 cm³/mol. The molecule has 0 aliphatic carbocycles. The van der Waals surface area contributed by atoms with E-state index >= 15 is 0 Å². The highest BCUT2D eigenvalue weighted by Crippen LogP contribution is 2.27. The third-order valence-electron chi connectivity index (χ3n) is 3.87. The summed E-state index contributed by atoms with van der Waals surface area (Å²) in [4.78, 5) is 25.4. The number of hydrogen-bond acceptors (Lipinski definition) is 3. The first-order valence-corrected chi connectivity index (χ1v) is 6.95. The highest BCUT2D eigenvalue weighted by atomic mass is 16.2. The quantitative estimate of drug-likeness (QED) is 0.799. The molecular weight excluding hydrogens is 252 g/mol. The number of imide groups is 1. The number of carbonyl (C=O) groups is 2. The zero-order valence-electron chi connectivity index (χ0n) is 12.7. The van der Waals surface area contributed by atoms with Crippen LogP contribution in [-0.4, -0.2) is 23.9 Å². The molecule has 1 saturated heterocycles. The van der Waals surface area contributed by atoms with Crippen molar-refractivity contribution in [1.29, 1.82) is 0 Å². The summed E-state index contributed by atoms with van der Waals surface area (Å²) in [5.74, 6) is -0.485. The number of piperazine rings is 1. The van der Waals surface area contributed by atoms with Crippen molar-refractivity contribution in [3.8, 4) is 0 Å². The molecule has 2 amide bonds. The van der Waals surface area contributed by atoms with Gasteiger partial charge in [0.1, 0.15) is 12.1 Å². The number of nitrogens with one attached hydrogen (secondary N) is 1. The molecule has 2 atom stereocenters.